The summed E-state index contributed by atoms with van der Waals surface area (Å²) in [7, 11) is 1.69. The van der Waals surface area contributed by atoms with Crippen molar-refractivity contribution in [1.29, 1.82) is 0 Å². The molecule has 0 saturated heterocycles. The van der Waals surface area contributed by atoms with Gasteiger partial charge in [-0.1, -0.05) is 15.9 Å². The van der Waals surface area contributed by atoms with Gasteiger partial charge in [0.2, 0.25) is 5.91 Å². The lowest BCUT2D eigenvalue weighted by atomic mass is 10.3. The minimum Gasteiger partial charge on any atom is -0.465 e. The van der Waals surface area contributed by atoms with E-state index in [1.165, 1.54) is 0 Å². The van der Waals surface area contributed by atoms with E-state index in [9.17, 15) is 9.59 Å². The van der Waals surface area contributed by atoms with Crippen molar-refractivity contribution in [3.63, 3.8) is 0 Å². The first-order valence-electron chi connectivity index (χ1n) is 5.91. The van der Waals surface area contributed by atoms with Crippen LogP contribution in [0, 0.1) is 0 Å². The van der Waals surface area contributed by atoms with E-state index in [-0.39, 0.29) is 25.0 Å². The number of rotatable bonds is 6. The first-order chi connectivity index (χ1) is 9.01. The summed E-state index contributed by atoms with van der Waals surface area (Å²) in [6, 6.07) is 7.29. The lowest BCUT2D eigenvalue weighted by Gasteiger charge is -2.15. The maximum absolute atomic E-state index is 11.7. The van der Waals surface area contributed by atoms with Gasteiger partial charge in [0.15, 0.2) is 0 Å². The number of carbonyl (C=O) groups is 2. The number of nitrogens with zero attached hydrogens (tertiary/aromatic N) is 1. The minimum absolute atomic E-state index is 0.0988. The van der Waals surface area contributed by atoms with Gasteiger partial charge in [0, 0.05) is 10.2 Å². The molecule has 0 fully saturated rings. The molecule has 5 nitrogen and oxygen atoms in total. The molecule has 1 rings (SSSR count). The van der Waals surface area contributed by atoms with E-state index in [0.717, 1.165) is 10.2 Å². The third kappa shape index (κ3) is 6.35. The molecule has 0 atom stereocenters. The second-order valence-corrected chi connectivity index (χ2v) is 4.95. The number of anilines is 1. The zero-order valence-electron chi connectivity index (χ0n) is 11.0. The number of benzene rings is 1. The number of carbonyl (C=O) groups excluding carboxylic acids is 2. The van der Waals surface area contributed by atoms with Gasteiger partial charge in [-0.15, -0.1) is 0 Å². The smallest absolute Gasteiger partial charge is 0.320 e. The van der Waals surface area contributed by atoms with Crippen LogP contribution >= 0.6 is 15.9 Å². The molecule has 1 amide bonds. The average Bonchev–Trinajstić information content (AvgIpc) is 2.32. The summed E-state index contributed by atoms with van der Waals surface area (Å²) < 4.78 is 5.76. The summed E-state index contributed by atoms with van der Waals surface area (Å²) in [4.78, 5) is 24.6. The maximum Gasteiger partial charge on any atom is 0.320 e. The van der Waals surface area contributed by atoms with E-state index in [0.29, 0.717) is 6.61 Å². The maximum atomic E-state index is 11.7. The monoisotopic (exact) mass is 328 g/mol. The number of halogens is 1. The Bertz CT molecular complexity index is 434. The van der Waals surface area contributed by atoms with Crippen molar-refractivity contribution in [3.05, 3.63) is 28.7 Å². The van der Waals surface area contributed by atoms with E-state index in [2.05, 4.69) is 21.2 Å². The van der Waals surface area contributed by atoms with Gasteiger partial charge in [-0.2, -0.15) is 0 Å². The Labute approximate surface area is 121 Å². The molecule has 0 spiro atoms. The van der Waals surface area contributed by atoms with E-state index in [4.69, 9.17) is 4.74 Å². The van der Waals surface area contributed by atoms with E-state index in [1.807, 2.05) is 12.1 Å². The average molecular weight is 329 g/mol. The molecule has 104 valence electrons. The lowest BCUT2D eigenvalue weighted by Crippen LogP contribution is -2.34. The molecule has 19 heavy (non-hydrogen) atoms. The normalized spacial score (nSPS) is 10.3. The molecule has 0 heterocycles. The Kier molecular flexibility index (Phi) is 6.52. The Hall–Kier alpha value is -1.40. The molecule has 0 aliphatic heterocycles. The van der Waals surface area contributed by atoms with Crippen LogP contribution in [0.5, 0.6) is 0 Å². The van der Waals surface area contributed by atoms with Crippen molar-refractivity contribution < 1.29 is 14.3 Å². The van der Waals surface area contributed by atoms with Crippen LogP contribution < -0.4 is 5.32 Å². The number of amides is 1. The largest absolute Gasteiger partial charge is 0.465 e. The predicted octanol–water partition coefficient (Wildman–Crippen LogP) is 1.88. The number of likely N-dealkylation sites (N-methyl/N-ethyl adjacent to an activating group) is 1. The first kappa shape index (κ1) is 15.7. The Morgan fingerprint density at radius 1 is 1.26 bits per heavy atom. The zero-order valence-corrected chi connectivity index (χ0v) is 12.6. The summed E-state index contributed by atoms with van der Waals surface area (Å²) in [5.74, 6) is -0.504. The molecule has 6 heteroatoms. The van der Waals surface area contributed by atoms with Crippen LogP contribution in [0.15, 0.2) is 28.7 Å². The van der Waals surface area contributed by atoms with E-state index >= 15 is 0 Å². The SMILES string of the molecule is CCOC(=O)CN(C)CC(=O)Nc1ccc(Br)cc1. The highest BCUT2D eigenvalue weighted by Gasteiger charge is 2.11. The molecule has 0 saturated carbocycles. The molecular formula is C13H17BrN2O3. The van der Waals surface area contributed by atoms with Crippen LogP contribution in [0.3, 0.4) is 0 Å². The van der Waals surface area contributed by atoms with Gasteiger partial charge in [-0.05, 0) is 38.2 Å². The van der Waals surface area contributed by atoms with Crippen LogP contribution in [0.4, 0.5) is 5.69 Å². The topological polar surface area (TPSA) is 58.6 Å². The van der Waals surface area contributed by atoms with Gasteiger partial charge in [0.1, 0.15) is 0 Å². The molecule has 1 aromatic rings. The number of nitrogens with one attached hydrogen (secondary N) is 1. The molecule has 0 radical (unpaired) electrons. The summed E-state index contributed by atoms with van der Waals surface area (Å²) in [6.07, 6.45) is 0. The Morgan fingerprint density at radius 3 is 2.47 bits per heavy atom. The van der Waals surface area contributed by atoms with Gasteiger partial charge in [0.25, 0.3) is 0 Å². The third-order valence-electron chi connectivity index (χ3n) is 2.25. The number of ether oxygens (including phenoxy) is 1. The number of esters is 1. The molecular weight excluding hydrogens is 312 g/mol. The van der Waals surface area contributed by atoms with Crippen LogP contribution in [0.2, 0.25) is 0 Å². The number of hydrogen-bond acceptors (Lipinski definition) is 4. The van der Waals surface area contributed by atoms with Crippen LogP contribution in [0.25, 0.3) is 0 Å². The van der Waals surface area contributed by atoms with Gasteiger partial charge in [-0.3, -0.25) is 14.5 Å². The highest BCUT2D eigenvalue weighted by atomic mass is 79.9. The fourth-order valence-corrected chi connectivity index (χ4v) is 1.73. The Balaban J connectivity index is 2.38. The van der Waals surface area contributed by atoms with Crippen molar-refractivity contribution in [1.82, 2.24) is 4.90 Å². The van der Waals surface area contributed by atoms with Crippen molar-refractivity contribution in [2.24, 2.45) is 0 Å². The fourth-order valence-electron chi connectivity index (χ4n) is 1.46. The van der Waals surface area contributed by atoms with Crippen molar-refractivity contribution in [2.45, 2.75) is 6.92 Å². The van der Waals surface area contributed by atoms with Crippen LogP contribution in [-0.2, 0) is 14.3 Å². The van der Waals surface area contributed by atoms with Gasteiger partial charge < -0.3 is 10.1 Å². The lowest BCUT2D eigenvalue weighted by molar-refractivity contribution is -0.144. The van der Waals surface area contributed by atoms with Crippen LogP contribution in [0.1, 0.15) is 6.92 Å². The minimum atomic E-state index is -0.332. The van der Waals surface area contributed by atoms with Gasteiger partial charge in [0.05, 0.1) is 19.7 Å². The molecule has 0 bridgehead atoms. The second kappa shape index (κ2) is 7.91. The number of hydrogen-bond donors (Lipinski definition) is 1. The summed E-state index contributed by atoms with van der Waals surface area (Å²) in [5, 5.41) is 2.75. The van der Waals surface area contributed by atoms with Gasteiger partial charge in [-0.25, -0.2) is 0 Å². The fraction of sp³-hybridized carbons (Fsp3) is 0.385. The summed E-state index contributed by atoms with van der Waals surface area (Å²) >= 11 is 3.32. The molecule has 0 aliphatic carbocycles. The molecule has 1 N–H and O–H groups in total. The van der Waals surface area contributed by atoms with E-state index < -0.39 is 0 Å². The predicted molar refractivity (Wildman–Crippen MR) is 76.9 cm³/mol. The highest BCUT2D eigenvalue weighted by Crippen LogP contribution is 2.13. The standard InChI is InChI=1S/C13H17BrN2O3/c1-3-19-13(18)9-16(2)8-12(17)15-11-6-4-10(14)5-7-11/h4-7H,3,8-9H2,1-2H3,(H,15,17). The second-order valence-electron chi connectivity index (χ2n) is 4.03. The van der Waals surface area contributed by atoms with E-state index in [1.54, 1.807) is 31.0 Å². The van der Waals surface area contributed by atoms with Crippen molar-refractivity contribution >= 4 is 33.5 Å². The summed E-state index contributed by atoms with van der Waals surface area (Å²) in [5.41, 5.74) is 0.720. The summed E-state index contributed by atoms with van der Waals surface area (Å²) in [6.45, 7) is 2.33. The molecule has 0 aliphatic rings. The van der Waals surface area contributed by atoms with Crippen LogP contribution in [-0.4, -0.2) is 43.5 Å². The molecule has 1 aromatic carbocycles. The van der Waals surface area contributed by atoms with Gasteiger partial charge >= 0.3 is 5.97 Å². The zero-order chi connectivity index (χ0) is 14.3. The Morgan fingerprint density at radius 2 is 1.89 bits per heavy atom. The molecule has 0 unspecified atom stereocenters. The highest BCUT2D eigenvalue weighted by molar-refractivity contribution is 9.10. The molecule has 0 aromatic heterocycles. The third-order valence-corrected chi connectivity index (χ3v) is 2.77. The quantitative estimate of drug-likeness (QED) is 0.810. The van der Waals surface area contributed by atoms with Crippen molar-refractivity contribution in [2.75, 3.05) is 32.1 Å². The first-order valence-corrected chi connectivity index (χ1v) is 6.70. The van der Waals surface area contributed by atoms with Crippen molar-refractivity contribution in [3.8, 4) is 0 Å².